The predicted octanol–water partition coefficient (Wildman–Crippen LogP) is 2.28. The minimum Gasteiger partial charge on any atom is -0.370 e. The summed E-state index contributed by atoms with van der Waals surface area (Å²) < 4.78 is 23.2. The monoisotopic (exact) mass is 329 g/mol. The standard InChI is InChI=1S/C14H23N3O2S2/c1-21(18,19)13-9-8-12(20-13)10-16-14(15)17-11-6-4-2-3-5-7-11/h8-9,11H,2-7,10H2,1H3,(H3,15,16,17). The number of nitrogens with zero attached hydrogens (tertiary/aromatic N) is 1. The molecule has 0 radical (unpaired) electrons. The quantitative estimate of drug-likeness (QED) is 0.504. The van der Waals surface area contributed by atoms with Crippen LogP contribution in [0.3, 0.4) is 0 Å². The highest BCUT2D eigenvalue weighted by Crippen LogP contribution is 2.22. The third-order valence-electron chi connectivity index (χ3n) is 3.61. The van der Waals surface area contributed by atoms with Crippen molar-refractivity contribution in [2.45, 2.75) is 55.3 Å². The minimum atomic E-state index is -3.12. The van der Waals surface area contributed by atoms with Gasteiger partial charge in [-0.1, -0.05) is 25.7 Å². The molecule has 1 aromatic heterocycles. The zero-order valence-corrected chi connectivity index (χ0v) is 14.0. The number of thiophene rings is 1. The van der Waals surface area contributed by atoms with Gasteiger partial charge in [-0.15, -0.1) is 11.3 Å². The van der Waals surface area contributed by atoms with Crippen LogP contribution in [0.25, 0.3) is 0 Å². The molecular weight excluding hydrogens is 306 g/mol. The van der Waals surface area contributed by atoms with Crippen LogP contribution in [0.15, 0.2) is 21.3 Å². The number of hydrogen-bond acceptors (Lipinski definition) is 4. The van der Waals surface area contributed by atoms with E-state index >= 15 is 0 Å². The van der Waals surface area contributed by atoms with Crippen LogP contribution in [-0.4, -0.2) is 26.7 Å². The van der Waals surface area contributed by atoms with Gasteiger partial charge in [-0.3, -0.25) is 0 Å². The molecule has 0 spiro atoms. The first kappa shape index (κ1) is 16.3. The van der Waals surface area contributed by atoms with Crippen LogP contribution >= 0.6 is 11.3 Å². The van der Waals surface area contributed by atoms with Crippen molar-refractivity contribution in [1.82, 2.24) is 5.32 Å². The SMILES string of the molecule is CS(=O)(=O)c1ccc(CN=C(N)NC2CCCCCC2)s1. The minimum absolute atomic E-state index is 0.378. The first-order valence-corrected chi connectivity index (χ1v) is 10.0. The van der Waals surface area contributed by atoms with E-state index in [9.17, 15) is 8.42 Å². The molecule has 21 heavy (non-hydrogen) atoms. The zero-order valence-electron chi connectivity index (χ0n) is 12.3. The number of rotatable bonds is 4. The molecule has 1 aliphatic rings. The Labute approximate surface area is 130 Å². The van der Waals surface area contributed by atoms with E-state index in [1.807, 2.05) is 0 Å². The molecular formula is C14H23N3O2S2. The summed E-state index contributed by atoms with van der Waals surface area (Å²) in [5.41, 5.74) is 5.92. The van der Waals surface area contributed by atoms with Crippen molar-refractivity contribution in [3.63, 3.8) is 0 Å². The second kappa shape index (κ2) is 7.26. The van der Waals surface area contributed by atoms with Crippen molar-refractivity contribution in [2.75, 3.05) is 6.26 Å². The Morgan fingerprint density at radius 3 is 2.57 bits per heavy atom. The van der Waals surface area contributed by atoms with E-state index in [4.69, 9.17) is 5.73 Å². The van der Waals surface area contributed by atoms with Gasteiger partial charge >= 0.3 is 0 Å². The Bertz CT molecular complexity index is 585. The highest BCUT2D eigenvalue weighted by atomic mass is 32.2. The molecule has 118 valence electrons. The van der Waals surface area contributed by atoms with Gasteiger partial charge in [0, 0.05) is 17.2 Å². The van der Waals surface area contributed by atoms with Gasteiger partial charge in [0.2, 0.25) is 0 Å². The lowest BCUT2D eigenvalue weighted by Gasteiger charge is -2.16. The molecule has 7 heteroatoms. The van der Waals surface area contributed by atoms with E-state index in [2.05, 4.69) is 10.3 Å². The van der Waals surface area contributed by atoms with E-state index < -0.39 is 9.84 Å². The molecule has 0 saturated heterocycles. The van der Waals surface area contributed by atoms with E-state index in [1.54, 1.807) is 12.1 Å². The third kappa shape index (κ3) is 5.32. The van der Waals surface area contributed by atoms with Crippen molar-refractivity contribution in [3.8, 4) is 0 Å². The second-order valence-corrected chi connectivity index (χ2v) is 8.94. The molecule has 1 fully saturated rings. The smallest absolute Gasteiger partial charge is 0.189 e. The molecule has 1 saturated carbocycles. The van der Waals surface area contributed by atoms with E-state index in [1.165, 1.54) is 43.3 Å². The van der Waals surface area contributed by atoms with E-state index in [0.717, 1.165) is 17.7 Å². The number of sulfone groups is 1. The first-order chi connectivity index (χ1) is 9.95. The van der Waals surface area contributed by atoms with Crippen molar-refractivity contribution in [3.05, 3.63) is 17.0 Å². The van der Waals surface area contributed by atoms with Gasteiger partial charge in [0.15, 0.2) is 15.8 Å². The molecule has 5 nitrogen and oxygen atoms in total. The van der Waals surface area contributed by atoms with Crippen molar-refractivity contribution >= 4 is 27.1 Å². The summed E-state index contributed by atoms with van der Waals surface area (Å²) in [5.74, 6) is 0.455. The Hall–Kier alpha value is -1.08. The van der Waals surface area contributed by atoms with E-state index in [0.29, 0.717) is 22.8 Å². The largest absolute Gasteiger partial charge is 0.370 e. The lowest BCUT2D eigenvalue weighted by atomic mass is 10.1. The van der Waals surface area contributed by atoms with Gasteiger partial charge in [0.05, 0.1) is 6.54 Å². The van der Waals surface area contributed by atoms with Gasteiger partial charge in [-0.2, -0.15) is 0 Å². The first-order valence-electron chi connectivity index (χ1n) is 7.30. The summed E-state index contributed by atoms with van der Waals surface area (Å²) >= 11 is 1.25. The number of aliphatic imine (C=N–C) groups is 1. The molecule has 0 atom stereocenters. The zero-order chi connectivity index (χ0) is 15.3. The highest BCUT2D eigenvalue weighted by Gasteiger charge is 2.13. The molecule has 0 aromatic carbocycles. The lowest BCUT2D eigenvalue weighted by Crippen LogP contribution is -2.39. The maximum atomic E-state index is 11.4. The van der Waals surface area contributed by atoms with E-state index in [-0.39, 0.29) is 0 Å². The fraction of sp³-hybridized carbons (Fsp3) is 0.643. The Morgan fingerprint density at radius 1 is 1.33 bits per heavy atom. The number of nitrogens with one attached hydrogen (secondary N) is 1. The molecule has 0 aliphatic heterocycles. The van der Waals surface area contributed by atoms with Gasteiger partial charge in [-0.05, 0) is 25.0 Å². The van der Waals surface area contributed by atoms with Crippen LogP contribution in [0.4, 0.5) is 0 Å². The molecule has 3 N–H and O–H groups in total. The Balaban J connectivity index is 1.89. The summed E-state index contributed by atoms with van der Waals surface area (Å²) in [6, 6.07) is 3.84. The summed E-state index contributed by atoms with van der Waals surface area (Å²) in [6.45, 7) is 0.422. The normalized spacial score (nSPS) is 18.4. The maximum Gasteiger partial charge on any atom is 0.189 e. The van der Waals surface area contributed by atoms with Gasteiger partial charge < -0.3 is 11.1 Å². The van der Waals surface area contributed by atoms with Gasteiger partial charge in [0.1, 0.15) is 4.21 Å². The average Bonchev–Trinajstić information content (AvgIpc) is 2.76. The van der Waals surface area contributed by atoms with Crippen LogP contribution in [0.1, 0.15) is 43.4 Å². The average molecular weight is 329 g/mol. The number of guanidine groups is 1. The summed E-state index contributed by atoms with van der Waals surface area (Å²) in [5, 5.41) is 3.28. The van der Waals surface area contributed by atoms with Crippen LogP contribution in [0.2, 0.25) is 0 Å². The molecule has 1 aromatic rings. The molecule has 1 aliphatic carbocycles. The molecule has 0 amide bonds. The van der Waals surface area contributed by atoms with Crippen LogP contribution < -0.4 is 11.1 Å². The van der Waals surface area contributed by atoms with Gasteiger partial charge in [-0.25, -0.2) is 13.4 Å². The van der Waals surface area contributed by atoms with Crippen LogP contribution in [0.5, 0.6) is 0 Å². The Kier molecular flexibility index (Phi) is 5.64. The topological polar surface area (TPSA) is 84.5 Å². The maximum absolute atomic E-state index is 11.4. The molecule has 0 unspecified atom stereocenters. The molecule has 1 heterocycles. The predicted molar refractivity (Wildman–Crippen MR) is 87.4 cm³/mol. The Morgan fingerprint density at radius 2 is 2.00 bits per heavy atom. The fourth-order valence-corrected chi connectivity index (χ4v) is 4.39. The summed E-state index contributed by atoms with van der Waals surface area (Å²) in [6.07, 6.45) is 8.60. The second-order valence-electron chi connectivity index (χ2n) is 5.53. The molecule has 0 bridgehead atoms. The fourth-order valence-electron chi connectivity index (χ4n) is 2.48. The summed E-state index contributed by atoms with van der Waals surface area (Å²) in [4.78, 5) is 5.22. The van der Waals surface area contributed by atoms with Crippen LogP contribution in [-0.2, 0) is 16.4 Å². The third-order valence-corrected chi connectivity index (χ3v) is 6.50. The highest BCUT2D eigenvalue weighted by molar-refractivity contribution is 7.92. The van der Waals surface area contributed by atoms with Crippen molar-refractivity contribution in [2.24, 2.45) is 10.7 Å². The van der Waals surface area contributed by atoms with Gasteiger partial charge in [0.25, 0.3) is 0 Å². The van der Waals surface area contributed by atoms with Crippen molar-refractivity contribution < 1.29 is 8.42 Å². The lowest BCUT2D eigenvalue weighted by molar-refractivity contribution is 0.530. The van der Waals surface area contributed by atoms with Crippen molar-refractivity contribution in [1.29, 1.82) is 0 Å². The number of nitrogens with two attached hydrogens (primary N) is 1. The van der Waals surface area contributed by atoms with Crippen LogP contribution in [0, 0.1) is 0 Å². The summed E-state index contributed by atoms with van der Waals surface area (Å²) in [7, 11) is -3.12. The molecule has 2 rings (SSSR count). The number of hydrogen-bond donors (Lipinski definition) is 2.